The predicted octanol–water partition coefficient (Wildman–Crippen LogP) is 3.10. The molecule has 1 amide bonds. The van der Waals surface area contributed by atoms with Crippen LogP contribution in [-0.4, -0.2) is 35.2 Å². The maximum absolute atomic E-state index is 12.5. The lowest BCUT2D eigenvalue weighted by atomic mass is 9.64. The van der Waals surface area contributed by atoms with Crippen LogP contribution in [0.4, 0.5) is 0 Å². The standard InChI is InChI=1S/C21H27NO3/c1-4-15-7-10-19-17-9-6-14-5-8-16(25-3)11-18(14)20(17)22(13(2)23)12-21(15,19)24/h4-5,8,11,15,17,19-20,24H,1,6-7,9-10,12H2,2-3H3/t15-,17+,19+,20-,21+/m0/s1. The number of ether oxygens (including phenoxy) is 1. The van der Waals surface area contributed by atoms with Gasteiger partial charge >= 0.3 is 0 Å². The van der Waals surface area contributed by atoms with E-state index in [1.54, 1.807) is 14.0 Å². The number of methoxy groups -OCH3 is 1. The fraction of sp³-hybridized carbons (Fsp3) is 0.571. The molecule has 4 rings (SSSR count). The Labute approximate surface area is 149 Å². The van der Waals surface area contributed by atoms with Crippen molar-refractivity contribution in [2.24, 2.45) is 17.8 Å². The predicted molar refractivity (Wildman–Crippen MR) is 96.3 cm³/mol. The molecule has 3 aliphatic rings. The summed E-state index contributed by atoms with van der Waals surface area (Å²) >= 11 is 0. The van der Waals surface area contributed by atoms with Crippen LogP contribution in [0, 0.1) is 17.8 Å². The maximum atomic E-state index is 12.5. The molecule has 0 unspecified atom stereocenters. The average molecular weight is 341 g/mol. The number of rotatable bonds is 2. The van der Waals surface area contributed by atoms with E-state index in [9.17, 15) is 9.90 Å². The summed E-state index contributed by atoms with van der Waals surface area (Å²) in [6.45, 7) is 5.95. The largest absolute Gasteiger partial charge is 0.497 e. The first kappa shape index (κ1) is 16.6. The second-order valence-corrected chi connectivity index (χ2v) is 7.88. The van der Waals surface area contributed by atoms with Crippen molar-refractivity contribution >= 4 is 5.91 Å². The number of carbonyl (C=O) groups is 1. The quantitative estimate of drug-likeness (QED) is 0.841. The minimum atomic E-state index is -0.828. The fourth-order valence-electron chi connectivity index (χ4n) is 5.69. The second kappa shape index (κ2) is 5.87. The summed E-state index contributed by atoms with van der Waals surface area (Å²) in [5.41, 5.74) is 1.68. The molecule has 1 N–H and O–H groups in total. The van der Waals surface area contributed by atoms with E-state index in [1.807, 2.05) is 17.0 Å². The van der Waals surface area contributed by atoms with E-state index in [2.05, 4.69) is 18.7 Å². The van der Waals surface area contributed by atoms with Crippen LogP contribution in [0.5, 0.6) is 5.75 Å². The van der Waals surface area contributed by atoms with Gasteiger partial charge in [0.25, 0.3) is 0 Å². The zero-order valence-electron chi connectivity index (χ0n) is 15.1. The van der Waals surface area contributed by atoms with Crippen molar-refractivity contribution in [3.63, 3.8) is 0 Å². The molecule has 2 aliphatic carbocycles. The Morgan fingerprint density at radius 1 is 1.40 bits per heavy atom. The molecule has 0 aromatic heterocycles. The van der Waals surface area contributed by atoms with E-state index in [0.29, 0.717) is 12.5 Å². The number of aliphatic hydroxyl groups is 1. The van der Waals surface area contributed by atoms with Crippen molar-refractivity contribution in [1.82, 2.24) is 4.90 Å². The SMILES string of the molecule is C=C[C@H]1CC[C@@H]2[C@H]3CCc4ccc(OC)cc4[C@H]3N(C(C)=O)C[C@]21O. The van der Waals surface area contributed by atoms with E-state index in [-0.39, 0.29) is 23.8 Å². The smallest absolute Gasteiger partial charge is 0.220 e. The highest BCUT2D eigenvalue weighted by atomic mass is 16.5. The molecule has 1 saturated carbocycles. The number of piperidine rings is 1. The topological polar surface area (TPSA) is 49.8 Å². The minimum Gasteiger partial charge on any atom is -0.497 e. The number of benzene rings is 1. The Hall–Kier alpha value is -1.81. The molecular weight excluding hydrogens is 314 g/mol. The summed E-state index contributed by atoms with van der Waals surface area (Å²) in [5.74, 6) is 1.47. The van der Waals surface area contributed by atoms with Crippen LogP contribution < -0.4 is 4.74 Å². The number of aryl methyl sites for hydroxylation is 1. The van der Waals surface area contributed by atoms with E-state index in [4.69, 9.17) is 4.74 Å². The molecule has 1 heterocycles. The number of hydrogen-bond donors (Lipinski definition) is 1. The van der Waals surface area contributed by atoms with Crippen molar-refractivity contribution in [1.29, 1.82) is 0 Å². The van der Waals surface area contributed by atoms with Crippen molar-refractivity contribution < 1.29 is 14.6 Å². The Balaban J connectivity index is 1.81. The zero-order valence-corrected chi connectivity index (χ0v) is 15.1. The molecule has 4 heteroatoms. The van der Waals surface area contributed by atoms with Gasteiger partial charge in [-0.05, 0) is 60.8 Å². The van der Waals surface area contributed by atoms with Crippen molar-refractivity contribution in [2.45, 2.75) is 44.2 Å². The van der Waals surface area contributed by atoms with Crippen LogP contribution in [0.25, 0.3) is 0 Å². The Morgan fingerprint density at radius 3 is 2.88 bits per heavy atom. The lowest BCUT2D eigenvalue weighted by Crippen LogP contribution is -2.61. The third-order valence-electron chi connectivity index (χ3n) is 6.86. The van der Waals surface area contributed by atoms with Crippen LogP contribution in [0.15, 0.2) is 30.9 Å². The molecule has 1 aromatic carbocycles. The summed E-state index contributed by atoms with van der Waals surface area (Å²) in [6.07, 6.45) is 5.88. The molecule has 134 valence electrons. The monoisotopic (exact) mass is 341 g/mol. The lowest BCUT2D eigenvalue weighted by Gasteiger charge is -2.54. The van der Waals surface area contributed by atoms with Crippen LogP contribution in [0.2, 0.25) is 0 Å². The van der Waals surface area contributed by atoms with Gasteiger partial charge in [0.1, 0.15) is 5.75 Å². The molecule has 1 saturated heterocycles. The number of carbonyl (C=O) groups excluding carboxylic acids is 1. The van der Waals surface area contributed by atoms with Gasteiger partial charge in [-0.3, -0.25) is 4.79 Å². The summed E-state index contributed by atoms with van der Waals surface area (Å²) < 4.78 is 5.43. The first-order valence-electron chi connectivity index (χ1n) is 9.28. The van der Waals surface area contributed by atoms with Crippen LogP contribution in [0.3, 0.4) is 0 Å². The van der Waals surface area contributed by atoms with Gasteiger partial charge in [-0.15, -0.1) is 6.58 Å². The molecule has 2 fully saturated rings. The maximum Gasteiger partial charge on any atom is 0.220 e. The number of amides is 1. The number of hydrogen-bond acceptors (Lipinski definition) is 3. The van der Waals surface area contributed by atoms with Crippen molar-refractivity contribution in [3.8, 4) is 5.75 Å². The molecule has 4 nitrogen and oxygen atoms in total. The normalized spacial score (nSPS) is 36.2. The summed E-state index contributed by atoms with van der Waals surface area (Å²) in [4.78, 5) is 14.4. The first-order valence-corrected chi connectivity index (χ1v) is 9.28. The van der Waals surface area contributed by atoms with Gasteiger partial charge in [0.05, 0.1) is 25.3 Å². The first-order chi connectivity index (χ1) is 12.0. The molecule has 0 bridgehead atoms. The Kier molecular flexibility index (Phi) is 3.91. The van der Waals surface area contributed by atoms with Crippen LogP contribution in [0.1, 0.15) is 43.4 Å². The van der Waals surface area contributed by atoms with Crippen molar-refractivity contribution in [3.05, 3.63) is 42.0 Å². The van der Waals surface area contributed by atoms with E-state index >= 15 is 0 Å². The van der Waals surface area contributed by atoms with Crippen molar-refractivity contribution in [2.75, 3.05) is 13.7 Å². The van der Waals surface area contributed by atoms with E-state index in [1.165, 1.54) is 11.1 Å². The molecule has 0 radical (unpaired) electrons. The molecule has 1 aliphatic heterocycles. The second-order valence-electron chi connectivity index (χ2n) is 7.88. The average Bonchev–Trinajstić information content (AvgIpc) is 2.96. The molecule has 25 heavy (non-hydrogen) atoms. The molecular formula is C21H27NO3. The number of nitrogens with zero attached hydrogens (tertiary/aromatic N) is 1. The number of likely N-dealkylation sites (tertiary alicyclic amines) is 1. The van der Waals surface area contributed by atoms with Gasteiger partial charge in [0.2, 0.25) is 5.91 Å². The highest BCUT2D eigenvalue weighted by molar-refractivity contribution is 5.74. The third-order valence-corrected chi connectivity index (χ3v) is 6.86. The minimum absolute atomic E-state index is 0.0345. The van der Waals surface area contributed by atoms with E-state index in [0.717, 1.165) is 31.4 Å². The molecule has 5 atom stereocenters. The highest BCUT2D eigenvalue weighted by Gasteiger charge is 2.58. The Morgan fingerprint density at radius 2 is 2.20 bits per heavy atom. The summed E-state index contributed by atoms with van der Waals surface area (Å²) in [7, 11) is 1.68. The summed E-state index contributed by atoms with van der Waals surface area (Å²) in [6, 6.07) is 6.27. The van der Waals surface area contributed by atoms with Gasteiger partial charge in [-0.25, -0.2) is 0 Å². The lowest BCUT2D eigenvalue weighted by molar-refractivity contribution is -0.159. The third kappa shape index (κ3) is 2.34. The number of fused-ring (bicyclic) bond motifs is 5. The van der Waals surface area contributed by atoms with Crippen LogP contribution in [-0.2, 0) is 11.2 Å². The molecule has 0 spiro atoms. The van der Waals surface area contributed by atoms with Gasteiger partial charge < -0.3 is 14.7 Å². The Bertz CT molecular complexity index is 715. The van der Waals surface area contributed by atoms with Gasteiger partial charge in [-0.1, -0.05) is 12.1 Å². The van der Waals surface area contributed by atoms with E-state index < -0.39 is 5.60 Å². The summed E-state index contributed by atoms with van der Waals surface area (Å²) in [5, 5.41) is 11.5. The zero-order chi connectivity index (χ0) is 17.8. The van der Waals surface area contributed by atoms with Crippen LogP contribution >= 0.6 is 0 Å². The van der Waals surface area contributed by atoms with Gasteiger partial charge in [-0.2, -0.15) is 0 Å². The highest BCUT2D eigenvalue weighted by Crippen LogP contribution is 2.57. The van der Waals surface area contributed by atoms with Gasteiger partial charge in [0, 0.05) is 12.8 Å². The van der Waals surface area contributed by atoms with Gasteiger partial charge in [0.15, 0.2) is 0 Å². The molecule has 1 aromatic rings. The fourth-order valence-corrected chi connectivity index (χ4v) is 5.69. The number of β-amino-alcohol motifs (C(OH)–C–C–N with tert-alkyl or cyclic N) is 1.